The van der Waals surface area contributed by atoms with Gasteiger partial charge in [-0.1, -0.05) is 18.2 Å². The first-order valence-electron chi connectivity index (χ1n) is 7.64. The quantitative estimate of drug-likeness (QED) is 0.765. The Hall–Kier alpha value is -3.03. The third-order valence-electron chi connectivity index (χ3n) is 3.35. The van der Waals surface area contributed by atoms with Gasteiger partial charge < -0.3 is 14.8 Å². The van der Waals surface area contributed by atoms with Crippen LogP contribution < -0.4 is 10.1 Å². The number of ether oxygens (including phenoxy) is 2. The number of para-hydroxylation sites is 1. The van der Waals surface area contributed by atoms with Crippen molar-refractivity contribution in [2.75, 3.05) is 13.2 Å². The van der Waals surface area contributed by atoms with Gasteiger partial charge in [-0.2, -0.15) is 0 Å². The number of carbonyl (C=O) groups excluding carboxylic acids is 2. The Balaban J connectivity index is 1.77. The lowest BCUT2D eigenvalue weighted by molar-refractivity contribution is -0.150. The molecule has 0 aliphatic rings. The molecule has 0 heterocycles. The highest BCUT2D eigenvalue weighted by molar-refractivity contribution is 5.81. The number of amides is 1. The summed E-state index contributed by atoms with van der Waals surface area (Å²) in [5, 5.41) is 2.42. The molecule has 1 atom stereocenters. The number of halogens is 3. The Kier molecular flexibility index (Phi) is 6.60. The van der Waals surface area contributed by atoms with Crippen molar-refractivity contribution in [2.45, 2.75) is 13.0 Å². The highest BCUT2D eigenvalue weighted by Crippen LogP contribution is 2.17. The number of benzene rings is 2. The lowest BCUT2D eigenvalue weighted by Gasteiger charge is -2.15. The molecular formula is C18H16F3NO4. The molecule has 26 heavy (non-hydrogen) atoms. The van der Waals surface area contributed by atoms with E-state index in [2.05, 4.69) is 5.32 Å². The lowest BCUT2D eigenvalue weighted by Crippen LogP contribution is -2.32. The fourth-order valence-electron chi connectivity index (χ4n) is 2.10. The van der Waals surface area contributed by atoms with E-state index in [0.29, 0.717) is 6.07 Å². The van der Waals surface area contributed by atoms with Gasteiger partial charge in [-0.25, -0.2) is 18.0 Å². The molecule has 2 aromatic rings. The molecule has 0 unspecified atom stereocenters. The summed E-state index contributed by atoms with van der Waals surface area (Å²) in [6, 6.07) is 7.75. The van der Waals surface area contributed by atoms with E-state index < -0.39 is 48.6 Å². The Morgan fingerprint density at radius 1 is 1.04 bits per heavy atom. The van der Waals surface area contributed by atoms with Crippen LogP contribution in [0.1, 0.15) is 18.5 Å². The summed E-state index contributed by atoms with van der Waals surface area (Å²) < 4.78 is 49.5. The number of carbonyl (C=O) groups is 2. The zero-order valence-corrected chi connectivity index (χ0v) is 13.8. The number of hydrogen-bond acceptors (Lipinski definition) is 4. The molecular weight excluding hydrogens is 351 g/mol. The van der Waals surface area contributed by atoms with Gasteiger partial charge in [0.1, 0.15) is 11.6 Å². The van der Waals surface area contributed by atoms with Crippen LogP contribution in [0.5, 0.6) is 5.75 Å². The van der Waals surface area contributed by atoms with Crippen LogP contribution >= 0.6 is 0 Å². The van der Waals surface area contributed by atoms with Crippen LogP contribution in [0, 0.1) is 17.5 Å². The van der Waals surface area contributed by atoms with Crippen molar-refractivity contribution in [3.8, 4) is 5.75 Å². The molecule has 5 nitrogen and oxygen atoms in total. The maximum Gasteiger partial charge on any atom is 0.344 e. The smallest absolute Gasteiger partial charge is 0.344 e. The van der Waals surface area contributed by atoms with Gasteiger partial charge in [-0.15, -0.1) is 0 Å². The van der Waals surface area contributed by atoms with Gasteiger partial charge in [0.25, 0.3) is 5.91 Å². The Morgan fingerprint density at radius 3 is 2.46 bits per heavy atom. The standard InChI is InChI=1S/C18H16F3NO4/c1-11(13-7-6-12(19)8-15(13)21)22-17(23)9-26-18(24)10-25-16-5-3-2-4-14(16)20/h2-8,11H,9-10H2,1H3,(H,22,23)/t11-/m1/s1. The molecule has 2 rings (SSSR count). The summed E-state index contributed by atoms with van der Waals surface area (Å²) in [6.45, 7) is 0.306. The van der Waals surface area contributed by atoms with Crippen molar-refractivity contribution >= 4 is 11.9 Å². The molecule has 1 N–H and O–H groups in total. The maximum atomic E-state index is 13.6. The normalized spacial score (nSPS) is 11.5. The van der Waals surface area contributed by atoms with Crippen LogP contribution in [0.4, 0.5) is 13.2 Å². The number of esters is 1. The van der Waals surface area contributed by atoms with Crippen molar-refractivity contribution in [1.29, 1.82) is 0 Å². The third kappa shape index (κ3) is 5.51. The maximum absolute atomic E-state index is 13.6. The molecule has 0 spiro atoms. The molecule has 0 aliphatic carbocycles. The van der Waals surface area contributed by atoms with Crippen LogP contribution in [0.25, 0.3) is 0 Å². The van der Waals surface area contributed by atoms with Crippen molar-refractivity contribution in [3.05, 3.63) is 65.5 Å². The largest absolute Gasteiger partial charge is 0.479 e. The molecule has 0 bridgehead atoms. The fraction of sp³-hybridized carbons (Fsp3) is 0.222. The second kappa shape index (κ2) is 8.89. The van der Waals surface area contributed by atoms with Crippen molar-refractivity contribution in [3.63, 3.8) is 0 Å². The fourth-order valence-corrected chi connectivity index (χ4v) is 2.10. The van der Waals surface area contributed by atoms with E-state index in [1.54, 1.807) is 0 Å². The average molecular weight is 367 g/mol. The zero-order chi connectivity index (χ0) is 19.1. The molecule has 0 fully saturated rings. The Bertz CT molecular complexity index is 798. The second-order valence-corrected chi connectivity index (χ2v) is 5.33. The van der Waals surface area contributed by atoms with Gasteiger partial charge in [0.15, 0.2) is 24.8 Å². The Labute approximate surface area is 147 Å². The lowest BCUT2D eigenvalue weighted by atomic mass is 10.1. The highest BCUT2D eigenvalue weighted by atomic mass is 19.1. The van der Waals surface area contributed by atoms with Crippen LogP contribution in [0.3, 0.4) is 0 Å². The molecule has 0 saturated heterocycles. The van der Waals surface area contributed by atoms with Crippen LogP contribution in [0.2, 0.25) is 0 Å². The van der Waals surface area contributed by atoms with Gasteiger partial charge in [-0.05, 0) is 25.1 Å². The van der Waals surface area contributed by atoms with Crippen molar-refractivity contribution < 1.29 is 32.2 Å². The first kappa shape index (κ1) is 19.3. The molecule has 0 aliphatic heterocycles. The summed E-state index contributed by atoms with van der Waals surface area (Å²) in [7, 11) is 0. The highest BCUT2D eigenvalue weighted by Gasteiger charge is 2.16. The van der Waals surface area contributed by atoms with Gasteiger partial charge >= 0.3 is 5.97 Å². The minimum Gasteiger partial charge on any atom is -0.479 e. The van der Waals surface area contributed by atoms with Crippen LogP contribution in [-0.4, -0.2) is 25.1 Å². The SMILES string of the molecule is C[C@@H](NC(=O)COC(=O)COc1ccccc1F)c1ccc(F)cc1F. The van der Waals surface area contributed by atoms with Gasteiger partial charge in [0.2, 0.25) is 0 Å². The van der Waals surface area contributed by atoms with E-state index >= 15 is 0 Å². The van der Waals surface area contributed by atoms with Crippen molar-refractivity contribution in [1.82, 2.24) is 5.32 Å². The van der Waals surface area contributed by atoms with Crippen LogP contribution in [0.15, 0.2) is 42.5 Å². The van der Waals surface area contributed by atoms with E-state index in [1.165, 1.54) is 37.3 Å². The molecule has 0 saturated carbocycles. The van der Waals surface area contributed by atoms with E-state index in [0.717, 1.165) is 6.07 Å². The predicted molar refractivity (Wildman–Crippen MR) is 85.8 cm³/mol. The molecule has 1 amide bonds. The van der Waals surface area contributed by atoms with E-state index in [1.807, 2.05) is 0 Å². The Morgan fingerprint density at radius 2 is 1.77 bits per heavy atom. The van der Waals surface area contributed by atoms with E-state index in [4.69, 9.17) is 9.47 Å². The molecule has 2 aromatic carbocycles. The summed E-state index contributed by atoms with van der Waals surface area (Å²) in [5.74, 6) is -3.83. The third-order valence-corrected chi connectivity index (χ3v) is 3.35. The monoisotopic (exact) mass is 367 g/mol. The number of nitrogens with one attached hydrogen (secondary N) is 1. The zero-order valence-electron chi connectivity index (χ0n) is 13.8. The predicted octanol–water partition coefficient (Wildman–Crippen LogP) is 2.90. The number of rotatable bonds is 7. The topological polar surface area (TPSA) is 64.6 Å². The van der Waals surface area contributed by atoms with Gasteiger partial charge in [-0.3, -0.25) is 4.79 Å². The average Bonchev–Trinajstić information content (AvgIpc) is 2.59. The van der Waals surface area contributed by atoms with E-state index in [-0.39, 0.29) is 11.3 Å². The summed E-state index contributed by atoms with van der Waals surface area (Å²) in [5.41, 5.74) is 0.0916. The summed E-state index contributed by atoms with van der Waals surface area (Å²) >= 11 is 0. The first-order chi connectivity index (χ1) is 12.4. The van der Waals surface area contributed by atoms with E-state index in [9.17, 15) is 22.8 Å². The minimum absolute atomic E-state index is 0.0916. The molecule has 0 aromatic heterocycles. The molecule has 138 valence electrons. The van der Waals surface area contributed by atoms with Crippen LogP contribution in [-0.2, 0) is 14.3 Å². The summed E-state index contributed by atoms with van der Waals surface area (Å²) in [4.78, 5) is 23.3. The minimum atomic E-state index is -0.871. The second-order valence-electron chi connectivity index (χ2n) is 5.33. The van der Waals surface area contributed by atoms with Crippen molar-refractivity contribution in [2.24, 2.45) is 0 Å². The van der Waals surface area contributed by atoms with Gasteiger partial charge in [0.05, 0.1) is 6.04 Å². The van der Waals surface area contributed by atoms with Gasteiger partial charge in [0, 0.05) is 11.6 Å². The molecule has 0 radical (unpaired) electrons. The summed E-state index contributed by atoms with van der Waals surface area (Å²) in [6.07, 6.45) is 0. The first-order valence-corrected chi connectivity index (χ1v) is 7.64. The molecule has 8 heteroatoms. The number of hydrogen-bond donors (Lipinski definition) is 1.